The number of carbonyl (C=O) groups excluding carboxylic acids is 1. The molecule has 24 heavy (non-hydrogen) atoms. The van der Waals surface area contributed by atoms with Crippen molar-refractivity contribution in [1.82, 2.24) is 0 Å². The number of carbonyl (C=O) groups is 1. The van der Waals surface area contributed by atoms with E-state index in [4.69, 9.17) is 4.74 Å². The molecule has 0 unspecified atom stereocenters. The van der Waals surface area contributed by atoms with E-state index in [2.05, 4.69) is 4.72 Å². The fourth-order valence-corrected chi connectivity index (χ4v) is 3.14. The molecule has 2 aromatic rings. The maximum atomic E-state index is 12.8. The number of anilines is 3. The maximum Gasteiger partial charge on any atom is 0.275 e. The van der Waals surface area contributed by atoms with Gasteiger partial charge < -0.3 is 4.74 Å². The molecule has 1 amide bonds. The minimum absolute atomic E-state index is 0.190. The van der Waals surface area contributed by atoms with Crippen molar-refractivity contribution in [2.45, 2.75) is 19.4 Å². The molecule has 1 N–H and O–H groups in total. The molecule has 0 fully saturated rings. The normalized spacial score (nSPS) is 16.3. The van der Waals surface area contributed by atoms with E-state index < -0.39 is 15.6 Å². The quantitative estimate of drug-likeness (QED) is 0.927. The van der Waals surface area contributed by atoms with Crippen LogP contribution < -0.4 is 14.4 Å². The summed E-state index contributed by atoms with van der Waals surface area (Å²) in [4.78, 5) is 14.4. The number of nitrogens with one attached hydrogen (secondary N) is 1. The summed E-state index contributed by atoms with van der Waals surface area (Å²) >= 11 is 0. The summed E-state index contributed by atoms with van der Waals surface area (Å²) in [6.07, 6.45) is 1.08. The smallest absolute Gasteiger partial charge is 0.275 e. The summed E-state index contributed by atoms with van der Waals surface area (Å²) < 4.78 is 31.1. The predicted octanol–water partition coefficient (Wildman–Crippen LogP) is 2.89. The Hall–Kier alpha value is -2.54. The molecule has 3 rings (SSSR count). The topological polar surface area (TPSA) is 75.7 Å². The number of nitrogens with zero attached hydrogens (tertiary/aromatic N) is 1. The Morgan fingerprint density at radius 1 is 1.08 bits per heavy atom. The molecular weight excluding hydrogens is 328 g/mol. The Morgan fingerprint density at radius 2 is 1.75 bits per heavy atom. The first-order chi connectivity index (χ1) is 11.2. The van der Waals surface area contributed by atoms with Crippen LogP contribution in [0.25, 0.3) is 0 Å². The third-order valence-electron chi connectivity index (χ3n) is 3.60. The van der Waals surface area contributed by atoms with Crippen molar-refractivity contribution in [3.8, 4) is 5.75 Å². The monoisotopic (exact) mass is 346 g/mol. The standard InChI is InChI=1S/C17H18N2O4S/c1-17(2)16(20)19(13-7-5-4-6-8-13)14-10-9-12(11-15(14)23-17)18-24(3,21)22/h4-11,18H,1-3H3. The Kier molecular flexibility index (Phi) is 3.76. The number of benzene rings is 2. The fourth-order valence-electron chi connectivity index (χ4n) is 2.59. The van der Waals surface area contributed by atoms with Crippen LogP contribution in [-0.4, -0.2) is 26.2 Å². The molecule has 0 saturated carbocycles. The molecule has 0 radical (unpaired) electrons. The van der Waals surface area contributed by atoms with Gasteiger partial charge in [0, 0.05) is 11.8 Å². The average molecular weight is 346 g/mol. The molecule has 7 heteroatoms. The van der Waals surface area contributed by atoms with Crippen LogP contribution in [0.3, 0.4) is 0 Å². The van der Waals surface area contributed by atoms with E-state index in [0.717, 1.165) is 11.9 Å². The number of fused-ring (bicyclic) bond motifs is 1. The number of rotatable bonds is 3. The van der Waals surface area contributed by atoms with Crippen molar-refractivity contribution < 1.29 is 17.9 Å². The Morgan fingerprint density at radius 3 is 2.38 bits per heavy atom. The van der Waals surface area contributed by atoms with Crippen LogP contribution in [0.15, 0.2) is 48.5 Å². The van der Waals surface area contributed by atoms with Gasteiger partial charge >= 0.3 is 0 Å². The number of amides is 1. The van der Waals surface area contributed by atoms with E-state index in [0.29, 0.717) is 17.1 Å². The highest BCUT2D eigenvalue weighted by Gasteiger charge is 2.41. The molecule has 6 nitrogen and oxygen atoms in total. The van der Waals surface area contributed by atoms with Crippen LogP contribution in [0.5, 0.6) is 5.75 Å². The van der Waals surface area contributed by atoms with Gasteiger partial charge in [-0.05, 0) is 38.1 Å². The van der Waals surface area contributed by atoms with E-state index in [1.807, 2.05) is 30.3 Å². The van der Waals surface area contributed by atoms with E-state index in [9.17, 15) is 13.2 Å². The van der Waals surface area contributed by atoms with Gasteiger partial charge in [0.05, 0.1) is 17.6 Å². The first kappa shape index (κ1) is 16.3. The zero-order valence-electron chi connectivity index (χ0n) is 13.6. The van der Waals surface area contributed by atoms with Gasteiger partial charge in [0.15, 0.2) is 5.60 Å². The first-order valence-corrected chi connectivity index (χ1v) is 9.27. The summed E-state index contributed by atoms with van der Waals surface area (Å²) in [6.45, 7) is 3.37. The van der Waals surface area contributed by atoms with E-state index >= 15 is 0 Å². The zero-order valence-corrected chi connectivity index (χ0v) is 14.4. The Bertz CT molecular complexity index is 892. The van der Waals surface area contributed by atoms with Crippen molar-refractivity contribution >= 4 is 33.0 Å². The van der Waals surface area contributed by atoms with Crippen LogP contribution in [0.2, 0.25) is 0 Å². The van der Waals surface area contributed by atoms with Gasteiger partial charge in [-0.1, -0.05) is 18.2 Å². The van der Waals surface area contributed by atoms with Gasteiger partial charge in [-0.2, -0.15) is 0 Å². The predicted molar refractivity (Wildman–Crippen MR) is 93.2 cm³/mol. The highest BCUT2D eigenvalue weighted by Crippen LogP contribution is 2.43. The fraction of sp³-hybridized carbons (Fsp3) is 0.235. The van der Waals surface area contributed by atoms with Gasteiger partial charge in [0.25, 0.3) is 5.91 Å². The lowest BCUT2D eigenvalue weighted by Crippen LogP contribution is -2.50. The van der Waals surface area contributed by atoms with E-state index in [1.165, 1.54) is 0 Å². The van der Waals surface area contributed by atoms with Crippen LogP contribution in [0, 0.1) is 0 Å². The van der Waals surface area contributed by atoms with Crippen molar-refractivity contribution in [1.29, 1.82) is 0 Å². The third kappa shape index (κ3) is 3.07. The molecule has 0 bridgehead atoms. The first-order valence-electron chi connectivity index (χ1n) is 7.38. The van der Waals surface area contributed by atoms with Gasteiger partial charge in [-0.15, -0.1) is 0 Å². The Labute approximate surface area is 141 Å². The Balaban J connectivity index is 2.12. The minimum Gasteiger partial charge on any atom is -0.476 e. The molecule has 2 aromatic carbocycles. The zero-order chi connectivity index (χ0) is 17.5. The third-order valence-corrected chi connectivity index (χ3v) is 4.21. The van der Waals surface area contributed by atoms with Crippen LogP contribution in [-0.2, 0) is 14.8 Å². The maximum absolute atomic E-state index is 12.8. The number of hydrogen-bond donors (Lipinski definition) is 1. The second kappa shape index (κ2) is 5.52. The molecule has 0 aliphatic carbocycles. The number of hydrogen-bond acceptors (Lipinski definition) is 4. The highest BCUT2D eigenvalue weighted by atomic mass is 32.2. The molecular formula is C17H18N2O4S. The molecule has 0 atom stereocenters. The van der Waals surface area contributed by atoms with Gasteiger partial charge in [-0.25, -0.2) is 8.42 Å². The lowest BCUT2D eigenvalue weighted by atomic mass is 10.0. The summed E-state index contributed by atoms with van der Waals surface area (Å²) in [6, 6.07) is 14.1. The number of para-hydroxylation sites is 1. The average Bonchev–Trinajstić information content (AvgIpc) is 2.48. The van der Waals surface area contributed by atoms with Crippen LogP contribution in [0.4, 0.5) is 17.1 Å². The van der Waals surface area contributed by atoms with E-state index in [-0.39, 0.29) is 5.91 Å². The molecule has 0 aromatic heterocycles. The molecule has 0 spiro atoms. The summed E-state index contributed by atoms with van der Waals surface area (Å²) in [5, 5.41) is 0. The van der Waals surface area contributed by atoms with Crippen molar-refractivity contribution in [2.75, 3.05) is 15.9 Å². The summed E-state index contributed by atoms with van der Waals surface area (Å²) in [5.41, 5.74) is 0.620. The van der Waals surface area contributed by atoms with Crippen molar-refractivity contribution in [3.63, 3.8) is 0 Å². The minimum atomic E-state index is -3.40. The van der Waals surface area contributed by atoms with Gasteiger partial charge in [0.1, 0.15) is 5.75 Å². The summed E-state index contributed by atoms with van der Waals surface area (Å²) in [7, 11) is -3.40. The van der Waals surface area contributed by atoms with E-state index in [1.54, 1.807) is 36.9 Å². The second-order valence-corrected chi connectivity index (χ2v) is 7.89. The second-order valence-electron chi connectivity index (χ2n) is 6.15. The molecule has 1 aliphatic rings. The number of sulfonamides is 1. The molecule has 126 valence electrons. The van der Waals surface area contributed by atoms with Crippen LogP contribution in [0.1, 0.15) is 13.8 Å². The molecule has 1 aliphatic heterocycles. The van der Waals surface area contributed by atoms with Crippen molar-refractivity contribution in [2.24, 2.45) is 0 Å². The van der Waals surface area contributed by atoms with Gasteiger partial charge in [-0.3, -0.25) is 14.4 Å². The lowest BCUT2D eigenvalue weighted by Gasteiger charge is -2.38. The highest BCUT2D eigenvalue weighted by molar-refractivity contribution is 7.92. The number of ether oxygens (including phenoxy) is 1. The molecule has 0 saturated heterocycles. The SMILES string of the molecule is CC1(C)Oc2cc(NS(C)(=O)=O)ccc2N(c2ccccc2)C1=O. The molecule has 1 heterocycles. The largest absolute Gasteiger partial charge is 0.476 e. The summed E-state index contributed by atoms with van der Waals surface area (Å²) in [5.74, 6) is 0.252. The van der Waals surface area contributed by atoms with Crippen molar-refractivity contribution in [3.05, 3.63) is 48.5 Å². The lowest BCUT2D eigenvalue weighted by molar-refractivity contribution is -0.131. The van der Waals surface area contributed by atoms with Crippen LogP contribution >= 0.6 is 0 Å². The van der Waals surface area contributed by atoms with Gasteiger partial charge in [0.2, 0.25) is 10.0 Å².